The van der Waals surface area contributed by atoms with Crippen LogP contribution >= 0.6 is 0 Å². The highest BCUT2D eigenvalue weighted by atomic mass is 16.5. The fourth-order valence-electron chi connectivity index (χ4n) is 3.03. The van der Waals surface area contributed by atoms with Crippen LogP contribution in [0.4, 0.5) is 0 Å². The van der Waals surface area contributed by atoms with E-state index in [-0.39, 0.29) is 18.1 Å². The molecule has 0 spiro atoms. The molecule has 0 aromatic carbocycles. The summed E-state index contributed by atoms with van der Waals surface area (Å²) in [7, 11) is 0. The largest absolute Gasteiger partial charge is 0.373 e. The Bertz CT molecular complexity index is 661. The first-order chi connectivity index (χ1) is 11.1. The van der Waals surface area contributed by atoms with Gasteiger partial charge in [0.05, 0.1) is 36.8 Å². The minimum atomic E-state index is 0.0563. The second-order valence-corrected chi connectivity index (χ2v) is 6.10. The van der Waals surface area contributed by atoms with Gasteiger partial charge in [0.25, 0.3) is 0 Å². The van der Waals surface area contributed by atoms with Crippen LogP contribution in [-0.2, 0) is 16.1 Å². The summed E-state index contributed by atoms with van der Waals surface area (Å²) in [6.07, 6.45) is 7.98. The number of hydrogen-bond acceptors (Lipinski definition) is 5. The molecule has 2 atom stereocenters. The second kappa shape index (κ2) is 7.06. The minimum Gasteiger partial charge on any atom is -0.373 e. The zero-order valence-corrected chi connectivity index (χ0v) is 13.6. The molecular weight excluding hydrogens is 294 g/mol. The van der Waals surface area contributed by atoms with E-state index in [0.717, 1.165) is 31.0 Å². The molecule has 1 amide bonds. The van der Waals surface area contributed by atoms with Gasteiger partial charge in [0, 0.05) is 38.4 Å². The van der Waals surface area contributed by atoms with Crippen LogP contribution in [0.5, 0.6) is 0 Å². The maximum absolute atomic E-state index is 12.1. The molecule has 7 heteroatoms. The summed E-state index contributed by atoms with van der Waals surface area (Å²) >= 11 is 0. The fourth-order valence-corrected chi connectivity index (χ4v) is 3.03. The van der Waals surface area contributed by atoms with E-state index in [4.69, 9.17) is 4.74 Å². The SMILES string of the molecule is C[C@@H]1CN(CCC(=O)NCc2cnc3cnccn23)C[C@H](C)O1. The van der Waals surface area contributed by atoms with Crippen molar-refractivity contribution in [2.75, 3.05) is 19.6 Å². The van der Waals surface area contributed by atoms with Crippen LogP contribution in [0.2, 0.25) is 0 Å². The highest BCUT2D eigenvalue weighted by Crippen LogP contribution is 2.10. The number of ether oxygens (including phenoxy) is 1. The van der Waals surface area contributed by atoms with Crippen LogP contribution in [-0.4, -0.2) is 57.0 Å². The molecule has 1 aliphatic heterocycles. The molecule has 1 N–H and O–H groups in total. The van der Waals surface area contributed by atoms with Gasteiger partial charge in [0.1, 0.15) is 0 Å². The molecule has 124 valence electrons. The monoisotopic (exact) mass is 317 g/mol. The number of imidazole rings is 1. The van der Waals surface area contributed by atoms with Crippen molar-refractivity contribution in [3.63, 3.8) is 0 Å². The van der Waals surface area contributed by atoms with Crippen LogP contribution in [0.3, 0.4) is 0 Å². The number of nitrogens with zero attached hydrogens (tertiary/aromatic N) is 4. The molecule has 0 unspecified atom stereocenters. The van der Waals surface area contributed by atoms with Gasteiger partial charge in [-0.2, -0.15) is 0 Å². The van der Waals surface area contributed by atoms with Crippen molar-refractivity contribution < 1.29 is 9.53 Å². The average molecular weight is 317 g/mol. The molecule has 0 aliphatic carbocycles. The number of fused-ring (bicyclic) bond motifs is 1. The van der Waals surface area contributed by atoms with Crippen molar-refractivity contribution in [2.45, 2.75) is 39.0 Å². The summed E-state index contributed by atoms with van der Waals surface area (Å²) in [6, 6.07) is 0. The molecule has 2 aromatic rings. The van der Waals surface area contributed by atoms with Crippen molar-refractivity contribution in [3.8, 4) is 0 Å². The molecule has 0 radical (unpaired) electrons. The molecule has 2 aromatic heterocycles. The van der Waals surface area contributed by atoms with Crippen molar-refractivity contribution >= 4 is 11.6 Å². The van der Waals surface area contributed by atoms with E-state index in [1.807, 2.05) is 10.6 Å². The van der Waals surface area contributed by atoms with Gasteiger partial charge in [-0.25, -0.2) is 4.98 Å². The predicted molar refractivity (Wildman–Crippen MR) is 85.9 cm³/mol. The summed E-state index contributed by atoms with van der Waals surface area (Å²) in [6.45, 7) is 7.15. The maximum atomic E-state index is 12.1. The number of aromatic nitrogens is 3. The number of amides is 1. The summed E-state index contributed by atoms with van der Waals surface area (Å²) in [5.41, 5.74) is 1.73. The molecule has 1 fully saturated rings. The highest BCUT2D eigenvalue weighted by molar-refractivity contribution is 5.76. The fraction of sp³-hybridized carbons (Fsp3) is 0.562. The Morgan fingerprint density at radius 3 is 2.91 bits per heavy atom. The Morgan fingerprint density at radius 1 is 1.35 bits per heavy atom. The third kappa shape index (κ3) is 4.05. The lowest BCUT2D eigenvalue weighted by molar-refractivity contribution is -0.122. The lowest BCUT2D eigenvalue weighted by Gasteiger charge is -2.35. The first-order valence-electron chi connectivity index (χ1n) is 8.02. The number of nitrogens with one attached hydrogen (secondary N) is 1. The van der Waals surface area contributed by atoms with Crippen LogP contribution in [0.25, 0.3) is 5.65 Å². The van der Waals surface area contributed by atoms with Crippen molar-refractivity contribution in [3.05, 3.63) is 30.5 Å². The van der Waals surface area contributed by atoms with E-state index >= 15 is 0 Å². The van der Waals surface area contributed by atoms with E-state index in [1.54, 1.807) is 18.6 Å². The summed E-state index contributed by atoms with van der Waals surface area (Å²) in [4.78, 5) is 22.6. The van der Waals surface area contributed by atoms with Gasteiger partial charge in [0.15, 0.2) is 5.65 Å². The van der Waals surface area contributed by atoms with Gasteiger partial charge in [-0.05, 0) is 13.8 Å². The average Bonchev–Trinajstić information content (AvgIpc) is 2.93. The lowest BCUT2D eigenvalue weighted by atomic mass is 10.2. The smallest absolute Gasteiger partial charge is 0.221 e. The quantitative estimate of drug-likeness (QED) is 0.885. The third-order valence-corrected chi connectivity index (χ3v) is 4.01. The van der Waals surface area contributed by atoms with Crippen LogP contribution in [0.15, 0.2) is 24.8 Å². The number of carbonyl (C=O) groups is 1. The van der Waals surface area contributed by atoms with Crippen LogP contribution in [0.1, 0.15) is 26.0 Å². The summed E-state index contributed by atoms with van der Waals surface area (Å²) in [5, 5.41) is 2.96. The standard InChI is InChI=1S/C16H23N5O2/c1-12-10-20(11-13(2)23-12)5-3-16(22)19-8-14-7-18-15-9-17-4-6-21(14)15/h4,6-7,9,12-13H,3,5,8,10-11H2,1-2H3,(H,19,22)/t12-,13+. The Hall–Kier alpha value is -1.99. The summed E-state index contributed by atoms with van der Waals surface area (Å²) < 4.78 is 7.63. The zero-order valence-electron chi connectivity index (χ0n) is 13.6. The van der Waals surface area contributed by atoms with Crippen LogP contribution < -0.4 is 5.32 Å². The Kier molecular flexibility index (Phi) is 4.88. The van der Waals surface area contributed by atoms with Gasteiger partial charge in [-0.3, -0.25) is 19.1 Å². The molecule has 3 rings (SSSR count). The highest BCUT2D eigenvalue weighted by Gasteiger charge is 2.22. The molecule has 0 saturated carbocycles. The van der Waals surface area contributed by atoms with E-state index in [0.29, 0.717) is 13.0 Å². The van der Waals surface area contributed by atoms with Crippen molar-refractivity contribution in [2.24, 2.45) is 0 Å². The van der Waals surface area contributed by atoms with Gasteiger partial charge >= 0.3 is 0 Å². The maximum Gasteiger partial charge on any atom is 0.221 e. The van der Waals surface area contributed by atoms with Crippen LogP contribution in [0, 0.1) is 0 Å². The van der Waals surface area contributed by atoms with Crippen molar-refractivity contribution in [1.82, 2.24) is 24.6 Å². The van der Waals surface area contributed by atoms with Gasteiger partial charge in [-0.1, -0.05) is 0 Å². The van der Waals surface area contributed by atoms with Gasteiger partial charge in [-0.15, -0.1) is 0 Å². The normalized spacial score (nSPS) is 22.3. The Labute approximate surface area is 135 Å². The van der Waals surface area contributed by atoms with Gasteiger partial charge < -0.3 is 10.1 Å². The first kappa shape index (κ1) is 15.9. The lowest BCUT2D eigenvalue weighted by Crippen LogP contribution is -2.46. The van der Waals surface area contributed by atoms with E-state index < -0.39 is 0 Å². The number of hydrogen-bond donors (Lipinski definition) is 1. The molecule has 23 heavy (non-hydrogen) atoms. The van der Waals surface area contributed by atoms with Gasteiger partial charge in [0.2, 0.25) is 5.91 Å². The molecule has 3 heterocycles. The molecular formula is C16H23N5O2. The number of morpholine rings is 1. The predicted octanol–water partition coefficient (Wildman–Crippen LogP) is 0.845. The third-order valence-electron chi connectivity index (χ3n) is 4.01. The van der Waals surface area contributed by atoms with E-state index in [9.17, 15) is 4.79 Å². The molecule has 1 aliphatic rings. The summed E-state index contributed by atoms with van der Waals surface area (Å²) in [5.74, 6) is 0.0563. The zero-order chi connectivity index (χ0) is 16.2. The van der Waals surface area contributed by atoms with Crippen molar-refractivity contribution in [1.29, 1.82) is 0 Å². The molecule has 1 saturated heterocycles. The van der Waals surface area contributed by atoms with E-state index in [1.165, 1.54) is 0 Å². The Balaban J connectivity index is 1.46. The number of rotatable bonds is 5. The molecule has 0 bridgehead atoms. The Morgan fingerprint density at radius 2 is 2.13 bits per heavy atom. The second-order valence-electron chi connectivity index (χ2n) is 6.10. The minimum absolute atomic E-state index is 0.0563. The molecule has 7 nitrogen and oxygen atoms in total. The topological polar surface area (TPSA) is 71.8 Å². The number of carbonyl (C=O) groups excluding carboxylic acids is 1. The van der Waals surface area contributed by atoms with E-state index in [2.05, 4.69) is 34.0 Å². The first-order valence-corrected chi connectivity index (χ1v) is 8.02.